The number of hydrogen-bond acceptors (Lipinski definition) is 3. The SMILES string of the molecule is N#Cc1ccc(NCC(=O)N2CCCC2c2cccc(Br)c2)cc1. The minimum absolute atomic E-state index is 0.0989. The van der Waals surface area contributed by atoms with Gasteiger partial charge in [0.2, 0.25) is 5.91 Å². The summed E-state index contributed by atoms with van der Waals surface area (Å²) in [4.78, 5) is 14.6. The number of halogens is 1. The van der Waals surface area contributed by atoms with E-state index in [1.165, 1.54) is 5.56 Å². The van der Waals surface area contributed by atoms with Crippen LogP contribution in [-0.4, -0.2) is 23.9 Å². The van der Waals surface area contributed by atoms with Gasteiger partial charge in [-0.25, -0.2) is 0 Å². The van der Waals surface area contributed by atoms with Gasteiger partial charge in [0.1, 0.15) is 0 Å². The van der Waals surface area contributed by atoms with Gasteiger partial charge in [0.15, 0.2) is 0 Å². The molecule has 122 valence electrons. The maximum atomic E-state index is 12.6. The van der Waals surface area contributed by atoms with Crippen molar-refractivity contribution in [2.24, 2.45) is 0 Å². The van der Waals surface area contributed by atoms with Gasteiger partial charge in [-0.2, -0.15) is 5.26 Å². The number of benzene rings is 2. The lowest BCUT2D eigenvalue weighted by atomic mass is 10.0. The maximum absolute atomic E-state index is 12.6. The van der Waals surface area contributed by atoms with Crippen molar-refractivity contribution < 1.29 is 4.79 Å². The molecule has 1 N–H and O–H groups in total. The molecule has 1 aliphatic heterocycles. The van der Waals surface area contributed by atoms with E-state index < -0.39 is 0 Å². The van der Waals surface area contributed by atoms with Crippen LogP contribution in [0.5, 0.6) is 0 Å². The van der Waals surface area contributed by atoms with Gasteiger partial charge in [-0.05, 0) is 54.8 Å². The Labute approximate surface area is 150 Å². The summed E-state index contributed by atoms with van der Waals surface area (Å²) in [6, 6.07) is 17.5. The molecule has 0 radical (unpaired) electrons. The van der Waals surface area contributed by atoms with E-state index in [1.54, 1.807) is 12.1 Å². The summed E-state index contributed by atoms with van der Waals surface area (Å²) in [5, 5.41) is 12.0. The molecule has 0 aromatic heterocycles. The molecule has 1 unspecified atom stereocenters. The van der Waals surface area contributed by atoms with Gasteiger partial charge in [0.25, 0.3) is 0 Å². The first kappa shape index (κ1) is 16.5. The lowest BCUT2D eigenvalue weighted by Crippen LogP contribution is -2.35. The summed E-state index contributed by atoms with van der Waals surface area (Å²) in [6.45, 7) is 1.06. The Kier molecular flexibility index (Phi) is 5.17. The number of nitriles is 1. The molecule has 1 fully saturated rings. The highest BCUT2D eigenvalue weighted by atomic mass is 79.9. The highest BCUT2D eigenvalue weighted by Gasteiger charge is 2.29. The van der Waals surface area contributed by atoms with Crippen LogP contribution >= 0.6 is 15.9 Å². The van der Waals surface area contributed by atoms with Crippen molar-refractivity contribution in [2.75, 3.05) is 18.4 Å². The number of carbonyl (C=O) groups excluding carboxylic acids is 1. The molecule has 2 aromatic carbocycles. The zero-order chi connectivity index (χ0) is 16.9. The Hall–Kier alpha value is -2.32. The van der Waals surface area contributed by atoms with Crippen LogP contribution in [0.4, 0.5) is 5.69 Å². The van der Waals surface area contributed by atoms with E-state index in [4.69, 9.17) is 5.26 Å². The minimum atomic E-state index is 0.0989. The quantitative estimate of drug-likeness (QED) is 0.864. The van der Waals surface area contributed by atoms with Crippen molar-refractivity contribution in [1.82, 2.24) is 4.90 Å². The molecular formula is C19H18BrN3O. The Morgan fingerprint density at radius 1 is 1.29 bits per heavy atom. The van der Waals surface area contributed by atoms with Crippen molar-refractivity contribution in [1.29, 1.82) is 5.26 Å². The van der Waals surface area contributed by atoms with Gasteiger partial charge >= 0.3 is 0 Å². The second-order valence-corrected chi connectivity index (χ2v) is 6.76. The van der Waals surface area contributed by atoms with Crippen molar-refractivity contribution in [2.45, 2.75) is 18.9 Å². The monoisotopic (exact) mass is 383 g/mol. The average molecular weight is 384 g/mol. The standard InChI is InChI=1S/C19H18BrN3O/c20-16-4-1-3-15(11-16)18-5-2-10-23(18)19(24)13-22-17-8-6-14(12-21)7-9-17/h1,3-4,6-9,11,18,22H,2,5,10,13H2. The van der Waals surface area contributed by atoms with Crippen LogP contribution in [-0.2, 0) is 4.79 Å². The van der Waals surface area contributed by atoms with Crippen LogP contribution in [0, 0.1) is 11.3 Å². The smallest absolute Gasteiger partial charge is 0.242 e. The molecule has 24 heavy (non-hydrogen) atoms. The zero-order valence-electron chi connectivity index (χ0n) is 13.2. The molecule has 3 rings (SSSR count). The minimum Gasteiger partial charge on any atom is -0.376 e. The summed E-state index contributed by atoms with van der Waals surface area (Å²) >= 11 is 3.50. The summed E-state index contributed by atoms with van der Waals surface area (Å²) in [7, 11) is 0. The molecule has 0 saturated carbocycles. The van der Waals surface area contributed by atoms with E-state index in [0.717, 1.165) is 29.5 Å². The molecule has 0 aliphatic carbocycles. The van der Waals surface area contributed by atoms with E-state index in [2.05, 4.69) is 39.4 Å². The molecule has 2 aromatic rings. The molecule has 1 atom stereocenters. The summed E-state index contributed by atoms with van der Waals surface area (Å²) in [6.07, 6.45) is 2.03. The zero-order valence-corrected chi connectivity index (χ0v) is 14.8. The van der Waals surface area contributed by atoms with Gasteiger partial charge in [0.05, 0.1) is 24.2 Å². The van der Waals surface area contributed by atoms with Crippen LogP contribution in [0.1, 0.15) is 30.0 Å². The van der Waals surface area contributed by atoms with Crippen molar-refractivity contribution in [3.63, 3.8) is 0 Å². The second kappa shape index (κ2) is 7.50. The summed E-state index contributed by atoms with van der Waals surface area (Å²) < 4.78 is 1.04. The molecule has 1 amide bonds. The summed E-state index contributed by atoms with van der Waals surface area (Å²) in [5.41, 5.74) is 2.63. The first-order valence-corrected chi connectivity index (χ1v) is 8.75. The first-order valence-electron chi connectivity index (χ1n) is 7.96. The van der Waals surface area contributed by atoms with E-state index in [0.29, 0.717) is 5.56 Å². The third-order valence-electron chi connectivity index (χ3n) is 4.26. The van der Waals surface area contributed by atoms with Crippen molar-refractivity contribution >= 4 is 27.5 Å². The number of hydrogen-bond donors (Lipinski definition) is 1. The van der Waals surface area contributed by atoms with Gasteiger partial charge in [-0.15, -0.1) is 0 Å². The predicted octanol–water partition coefficient (Wildman–Crippen LogP) is 4.10. The van der Waals surface area contributed by atoms with Gasteiger partial charge in [-0.1, -0.05) is 28.1 Å². The number of amides is 1. The Bertz CT molecular complexity index is 767. The molecule has 0 bridgehead atoms. The Morgan fingerprint density at radius 2 is 2.08 bits per heavy atom. The van der Waals surface area contributed by atoms with Crippen LogP contribution < -0.4 is 5.32 Å². The van der Waals surface area contributed by atoms with Crippen LogP contribution in [0.15, 0.2) is 53.0 Å². The molecule has 4 nitrogen and oxygen atoms in total. The van der Waals surface area contributed by atoms with Crippen LogP contribution in [0.25, 0.3) is 0 Å². The van der Waals surface area contributed by atoms with Crippen LogP contribution in [0.2, 0.25) is 0 Å². The second-order valence-electron chi connectivity index (χ2n) is 5.84. The number of anilines is 1. The molecule has 1 heterocycles. The first-order chi connectivity index (χ1) is 11.7. The number of nitrogens with zero attached hydrogens (tertiary/aromatic N) is 2. The van der Waals surface area contributed by atoms with Crippen molar-refractivity contribution in [3.05, 3.63) is 64.1 Å². The third-order valence-corrected chi connectivity index (χ3v) is 4.76. The van der Waals surface area contributed by atoms with E-state index >= 15 is 0 Å². The summed E-state index contributed by atoms with van der Waals surface area (Å²) in [5.74, 6) is 0.0989. The molecular weight excluding hydrogens is 366 g/mol. The highest BCUT2D eigenvalue weighted by Crippen LogP contribution is 2.33. The Morgan fingerprint density at radius 3 is 2.79 bits per heavy atom. The third kappa shape index (κ3) is 3.77. The molecule has 1 aliphatic rings. The fourth-order valence-corrected chi connectivity index (χ4v) is 3.48. The predicted molar refractivity (Wildman–Crippen MR) is 97.5 cm³/mol. The Balaban J connectivity index is 1.64. The lowest BCUT2D eigenvalue weighted by Gasteiger charge is -2.25. The van der Waals surface area contributed by atoms with Gasteiger partial charge in [-0.3, -0.25) is 4.79 Å². The maximum Gasteiger partial charge on any atom is 0.242 e. The van der Waals surface area contributed by atoms with E-state index in [-0.39, 0.29) is 18.5 Å². The lowest BCUT2D eigenvalue weighted by molar-refractivity contribution is -0.130. The molecule has 0 spiro atoms. The van der Waals surface area contributed by atoms with Crippen molar-refractivity contribution in [3.8, 4) is 6.07 Å². The topological polar surface area (TPSA) is 56.1 Å². The number of likely N-dealkylation sites (tertiary alicyclic amines) is 1. The highest BCUT2D eigenvalue weighted by molar-refractivity contribution is 9.10. The van der Waals surface area contributed by atoms with Gasteiger partial charge < -0.3 is 10.2 Å². The number of rotatable bonds is 4. The van der Waals surface area contributed by atoms with E-state index in [1.807, 2.05) is 29.2 Å². The normalized spacial score (nSPS) is 16.7. The van der Waals surface area contributed by atoms with E-state index in [9.17, 15) is 4.79 Å². The van der Waals surface area contributed by atoms with Gasteiger partial charge in [0, 0.05) is 16.7 Å². The molecule has 1 saturated heterocycles. The molecule has 5 heteroatoms. The number of nitrogens with one attached hydrogen (secondary N) is 1. The number of carbonyl (C=O) groups is 1. The van der Waals surface area contributed by atoms with Crippen LogP contribution in [0.3, 0.4) is 0 Å². The fraction of sp³-hybridized carbons (Fsp3) is 0.263. The fourth-order valence-electron chi connectivity index (χ4n) is 3.07. The average Bonchev–Trinajstić information content (AvgIpc) is 3.10. The largest absolute Gasteiger partial charge is 0.376 e.